The molecule has 1 heterocycles. The van der Waals surface area contributed by atoms with E-state index in [1.807, 2.05) is 31.2 Å². The molecule has 0 amide bonds. The maximum Gasteiger partial charge on any atom is 0.137 e. The second-order valence-corrected chi connectivity index (χ2v) is 5.44. The number of alkyl halides is 1. The van der Waals surface area contributed by atoms with Gasteiger partial charge in [0, 0.05) is 11.3 Å². The second-order valence-electron chi connectivity index (χ2n) is 4.97. The number of nitrogens with zero attached hydrogens (tertiary/aromatic N) is 1. The normalized spacial score (nSPS) is 12.1. The van der Waals surface area contributed by atoms with E-state index < -0.39 is 0 Å². The smallest absolute Gasteiger partial charge is 0.137 e. The van der Waals surface area contributed by atoms with Crippen LogP contribution < -0.4 is 4.74 Å². The molecular weight excluding hydrogens is 295 g/mol. The molecule has 0 saturated heterocycles. The third-order valence-electron chi connectivity index (χ3n) is 3.13. The van der Waals surface area contributed by atoms with E-state index in [4.69, 9.17) is 16.3 Å². The molecule has 20 heavy (non-hydrogen) atoms. The number of aryl methyl sites for hydroxylation is 1. The van der Waals surface area contributed by atoms with Crippen LogP contribution in [0.2, 0.25) is 0 Å². The number of H-pyrrole nitrogens is 1. The largest absolute Gasteiger partial charge is 0.497 e. The minimum absolute atomic E-state index is 0. The lowest BCUT2D eigenvalue weighted by Crippen LogP contribution is -2.01. The first-order valence-corrected chi connectivity index (χ1v) is 6.81. The van der Waals surface area contributed by atoms with Crippen molar-refractivity contribution in [2.75, 3.05) is 7.11 Å². The molecule has 110 valence electrons. The minimum Gasteiger partial charge on any atom is -0.497 e. The Labute approximate surface area is 131 Å². The number of benzene rings is 1. The molecule has 1 aromatic heterocycles. The molecule has 1 atom stereocenters. The molecule has 0 aliphatic carbocycles. The lowest BCUT2D eigenvalue weighted by molar-refractivity contribution is 0.415. The van der Waals surface area contributed by atoms with Crippen LogP contribution in [0.3, 0.4) is 0 Å². The molecule has 2 rings (SSSR count). The molecule has 1 N–H and O–H groups in total. The minimum atomic E-state index is -0.0664. The first kappa shape index (κ1) is 16.9. The summed E-state index contributed by atoms with van der Waals surface area (Å²) in [4.78, 5) is 7.93. The maximum atomic E-state index is 6.39. The van der Waals surface area contributed by atoms with Crippen molar-refractivity contribution in [3.05, 3.63) is 35.7 Å². The SMILES string of the molecule is COc1ccc(-c2nc(C(Cl)C(C)C)c(C)[nH]2)cc1.Cl. The highest BCUT2D eigenvalue weighted by Gasteiger charge is 2.19. The van der Waals surface area contributed by atoms with Gasteiger partial charge in [0.05, 0.1) is 18.2 Å². The Morgan fingerprint density at radius 3 is 2.30 bits per heavy atom. The van der Waals surface area contributed by atoms with Crippen molar-refractivity contribution in [3.8, 4) is 17.1 Å². The molecule has 2 aromatic rings. The van der Waals surface area contributed by atoms with E-state index in [1.54, 1.807) is 7.11 Å². The predicted molar refractivity (Wildman–Crippen MR) is 86.0 cm³/mol. The van der Waals surface area contributed by atoms with Crippen LogP contribution in [0.4, 0.5) is 0 Å². The average Bonchev–Trinajstić information content (AvgIpc) is 2.80. The number of ether oxygens (including phenoxy) is 1. The van der Waals surface area contributed by atoms with Crippen LogP contribution >= 0.6 is 24.0 Å². The van der Waals surface area contributed by atoms with Gasteiger partial charge in [0.1, 0.15) is 11.6 Å². The number of aromatic nitrogens is 2. The van der Waals surface area contributed by atoms with Crippen molar-refractivity contribution in [1.29, 1.82) is 0 Å². The van der Waals surface area contributed by atoms with E-state index in [1.165, 1.54) is 0 Å². The van der Waals surface area contributed by atoms with Crippen molar-refractivity contribution < 1.29 is 4.74 Å². The summed E-state index contributed by atoms with van der Waals surface area (Å²) in [6.45, 7) is 6.20. The fourth-order valence-corrected chi connectivity index (χ4v) is 2.16. The van der Waals surface area contributed by atoms with Crippen molar-refractivity contribution in [2.24, 2.45) is 5.92 Å². The summed E-state index contributed by atoms with van der Waals surface area (Å²) < 4.78 is 5.15. The Morgan fingerprint density at radius 2 is 1.80 bits per heavy atom. The third-order valence-corrected chi connectivity index (χ3v) is 3.84. The van der Waals surface area contributed by atoms with E-state index in [0.29, 0.717) is 5.92 Å². The lowest BCUT2D eigenvalue weighted by Gasteiger charge is -2.10. The van der Waals surface area contributed by atoms with Gasteiger partial charge >= 0.3 is 0 Å². The van der Waals surface area contributed by atoms with Gasteiger partial charge in [-0.05, 0) is 37.1 Å². The molecule has 5 heteroatoms. The molecule has 0 aliphatic rings. The van der Waals surface area contributed by atoms with Crippen LogP contribution in [-0.4, -0.2) is 17.1 Å². The third kappa shape index (κ3) is 3.47. The Bertz CT molecular complexity index is 550. The fraction of sp³-hybridized carbons (Fsp3) is 0.400. The zero-order chi connectivity index (χ0) is 14.0. The molecule has 0 saturated carbocycles. The van der Waals surface area contributed by atoms with Gasteiger partial charge in [-0.3, -0.25) is 0 Å². The topological polar surface area (TPSA) is 37.9 Å². The number of rotatable bonds is 4. The van der Waals surface area contributed by atoms with Gasteiger partial charge in [0.2, 0.25) is 0 Å². The van der Waals surface area contributed by atoms with E-state index in [0.717, 1.165) is 28.5 Å². The summed E-state index contributed by atoms with van der Waals surface area (Å²) in [5.41, 5.74) is 2.99. The van der Waals surface area contributed by atoms with Crippen LogP contribution in [0.25, 0.3) is 11.4 Å². The number of hydrogen-bond acceptors (Lipinski definition) is 2. The monoisotopic (exact) mass is 314 g/mol. The fourth-order valence-electron chi connectivity index (χ4n) is 1.94. The van der Waals surface area contributed by atoms with Crippen molar-refractivity contribution in [2.45, 2.75) is 26.1 Å². The molecule has 1 unspecified atom stereocenters. The van der Waals surface area contributed by atoms with Crippen LogP contribution in [0.1, 0.15) is 30.6 Å². The number of imidazole rings is 1. The van der Waals surface area contributed by atoms with Crippen molar-refractivity contribution in [1.82, 2.24) is 9.97 Å². The van der Waals surface area contributed by atoms with Crippen molar-refractivity contribution in [3.63, 3.8) is 0 Å². The predicted octanol–water partition coefficient (Wildman–Crippen LogP) is 4.75. The summed E-state index contributed by atoms with van der Waals surface area (Å²) in [6.07, 6.45) is 0. The standard InChI is InChI=1S/C15H19ClN2O.ClH/c1-9(2)13(16)14-10(3)17-15(18-14)11-5-7-12(19-4)8-6-11;/h5-9,13H,1-4H3,(H,17,18);1H. The van der Waals surface area contributed by atoms with Crippen LogP contribution in [0, 0.1) is 12.8 Å². The summed E-state index contributed by atoms with van der Waals surface area (Å²) in [7, 11) is 1.66. The van der Waals surface area contributed by atoms with Gasteiger partial charge in [-0.1, -0.05) is 13.8 Å². The molecule has 0 aliphatic heterocycles. The van der Waals surface area contributed by atoms with E-state index in [-0.39, 0.29) is 17.8 Å². The molecule has 0 fully saturated rings. The molecular formula is C15H20Cl2N2O. The van der Waals surface area contributed by atoms with Gasteiger partial charge in [0.15, 0.2) is 0 Å². The van der Waals surface area contributed by atoms with Crippen LogP contribution in [0.15, 0.2) is 24.3 Å². The molecule has 1 aromatic carbocycles. The van der Waals surface area contributed by atoms with Gasteiger partial charge in [0.25, 0.3) is 0 Å². The first-order valence-electron chi connectivity index (χ1n) is 6.38. The van der Waals surface area contributed by atoms with Crippen LogP contribution in [0.5, 0.6) is 5.75 Å². The second kappa shape index (κ2) is 7.00. The van der Waals surface area contributed by atoms with E-state index in [2.05, 4.69) is 23.8 Å². The summed E-state index contributed by atoms with van der Waals surface area (Å²) >= 11 is 6.39. The van der Waals surface area contributed by atoms with E-state index in [9.17, 15) is 0 Å². The highest BCUT2D eigenvalue weighted by atomic mass is 35.5. The number of methoxy groups -OCH3 is 1. The number of aromatic amines is 1. The maximum absolute atomic E-state index is 6.39. The van der Waals surface area contributed by atoms with Crippen LogP contribution in [-0.2, 0) is 0 Å². The van der Waals surface area contributed by atoms with Gasteiger partial charge in [-0.2, -0.15) is 0 Å². The number of hydrogen-bond donors (Lipinski definition) is 1. The molecule has 3 nitrogen and oxygen atoms in total. The molecule has 0 spiro atoms. The first-order chi connectivity index (χ1) is 9.02. The molecule has 0 radical (unpaired) electrons. The summed E-state index contributed by atoms with van der Waals surface area (Å²) in [5.74, 6) is 2.04. The highest BCUT2D eigenvalue weighted by molar-refractivity contribution is 6.20. The quantitative estimate of drug-likeness (QED) is 0.827. The van der Waals surface area contributed by atoms with Gasteiger partial charge < -0.3 is 9.72 Å². The Balaban J connectivity index is 0.00000200. The number of halogens is 2. The molecule has 0 bridgehead atoms. The average molecular weight is 315 g/mol. The van der Waals surface area contributed by atoms with E-state index >= 15 is 0 Å². The van der Waals surface area contributed by atoms with Gasteiger partial charge in [-0.15, -0.1) is 24.0 Å². The summed E-state index contributed by atoms with van der Waals surface area (Å²) in [5, 5.41) is -0.0664. The zero-order valence-electron chi connectivity index (χ0n) is 12.1. The Hall–Kier alpha value is -1.19. The Kier molecular flexibility index (Phi) is 5.90. The van der Waals surface area contributed by atoms with Gasteiger partial charge in [-0.25, -0.2) is 4.98 Å². The zero-order valence-corrected chi connectivity index (χ0v) is 13.7. The highest BCUT2D eigenvalue weighted by Crippen LogP contribution is 2.31. The summed E-state index contributed by atoms with van der Waals surface area (Å²) in [6, 6.07) is 7.82. The number of nitrogens with one attached hydrogen (secondary N) is 1. The lowest BCUT2D eigenvalue weighted by atomic mass is 10.1. The Morgan fingerprint density at radius 1 is 1.20 bits per heavy atom. The van der Waals surface area contributed by atoms with Crippen molar-refractivity contribution >= 4 is 24.0 Å².